The highest BCUT2D eigenvalue weighted by molar-refractivity contribution is 5.69. The van der Waals surface area contributed by atoms with Gasteiger partial charge < -0.3 is 9.84 Å². The molecule has 0 aromatic rings. The monoisotopic (exact) mass is 845 g/mol. The van der Waals surface area contributed by atoms with Crippen molar-refractivity contribution in [2.45, 2.75) is 328 Å². The van der Waals surface area contributed by atoms with Crippen LogP contribution < -0.4 is 0 Å². The molecule has 0 amide bonds. The van der Waals surface area contributed by atoms with Crippen molar-refractivity contribution < 1.29 is 19.4 Å². The number of carboxylic acid groups (broad SMARTS) is 1. The fraction of sp³-hybridized carbons (Fsp3) is 0.929. The lowest BCUT2D eigenvalue weighted by molar-refractivity contribution is -0.144. The van der Waals surface area contributed by atoms with Crippen molar-refractivity contribution in [2.75, 3.05) is 6.61 Å². The summed E-state index contributed by atoms with van der Waals surface area (Å²) in [7, 11) is 0. The van der Waals surface area contributed by atoms with E-state index in [1.165, 1.54) is 283 Å². The van der Waals surface area contributed by atoms with Crippen LogP contribution in [0.15, 0.2) is 12.2 Å². The number of carbonyl (C=O) groups is 2. The quantitative estimate of drug-likeness (QED) is 0.0376. The van der Waals surface area contributed by atoms with Crippen molar-refractivity contribution >= 4 is 11.9 Å². The molecule has 356 valence electrons. The molecule has 0 saturated heterocycles. The first kappa shape index (κ1) is 58.7. The minimum absolute atomic E-state index is 0.0236. The second-order valence-electron chi connectivity index (χ2n) is 19.1. The van der Waals surface area contributed by atoms with Crippen LogP contribution in [0.4, 0.5) is 0 Å². The first-order valence-electron chi connectivity index (χ1n) is 27.7. The Labute approximate surface area is 376 Å². The zero-order valence-electron chi connectivity index (χ0n) is 40.9. The van der Waals surface area contributed by atoms with Gasteiger partial charge in [-0.3, -0.25) is 9.59 Å². The lowest BCUT2D eigenvalue weighted by atomic mass is 10.0. The summed E-state index contributed by atoms with van der Waals surface area (Å²) >= 11 is 0. The van der Waals surface area contributed by atoms with Crippen LogP contribution in [0.5, 0.6) is 0 Å². The molecular formula is C56H108O4. The second-order valence-corrected chi connectivity index (χ2v) is 19.1. The predicted molar refractivity (Wildman–Crippen MR) is 264 cm³/mol. The van der Waals surface area contributed by atoms with Gasteiger partial charge in [0.05, 0.1) is 6.61 Å². The molecule has 4 heteroatoms. The van der Waals surface area contributed by atoms with Crippen molar-refractivity contribution in [3.8, 4) is 0 Å². The summed E-state index contributed by atoms with van der Waals surface area (Å²) in [5.74, 6) is -0.629. The molecule has 0 bridgehead atoms. The molecule has 1 N–H and O–H groups in total. The second kappa shape index (κ2) is 53.8. The van der Waals surface area contributed by atoms with E-state index >= 15 is 0 Å². The molecule has 0 aromatic heterocycles. The Morgan fingerprint density at radius 3 is 0.833 bits per heavy atom. The Bertz CT molecular complexity index is 852. The normalized spacial score (nSPS) is 11.6. The zero-order valence-corrected chi connectivity index (χ0v) is 40.9. The molecule has 0 unspecified atom stereocenters. The van der Waals surface area contributed by atoms with Crippen LogP contribution in [-0.4, -0.2) is 23.7 Å². The number of unbranched alkanes of at least 4 members (excludes halogenated alkanes) is 45. The maximum absolute atomic E-state index is 12.1. The van der Waals surface area contributed by atoms with Gasteiger partial charge in [0.25, 0.3) is 0 Å². The van der Waals surface area contributed by atoms with E-state index in [4.69, 9.17) is 9.84 Å². The van der Waals surface area contributed by atoms with Gasteiger partial charge >= 0.3 is 11.9 Å². The smallest absolute Gasteiger partial charge is 0.305 e. The van der Waals surface area contributed by atoms with E-state index < -0.39 is 5.97 Å². The Kier molecular flexibility index (Phi) is 52.6. The minimum Gasteiger partial charge on any atom is -0.481 e. The highest BCUT2D eigenvalue weighted by Gasteiger charge is 2.03. The molecule has 0 rings (SSSR count). The largest absolute Gasteiger partial charge is 0.481 e. The molecule has 0 aliphatic heterocycles. The molecule has 0 spiro atoms. The first-order valence-corrected chi connectivity index (χ1v) is 27.7. The number of hydrogen-bond donors (Lipinski definition) is 1. The summed E-state index contributed by atoms with van der Waals surface area (Å²) in [5, 5.41) is 8.67. The van der Waals surface area contributed by atoms with Crippen molar-refractivity contribution in [1.82, 2.24) is 0 Å². The SMILES string of the molecule is CCCCCCCCC=CCCCCCCCCCCCCCC(=O)OCCCCCCCCCCCCCCCCCCCCCCCCCCCCCCCC(=O)O. The Morgan fingerprint density at radius 2 is 0.550 bits per heavy atom. The summed E-state index contributed by atoms with van der Waals surface area (Å²) in [6.07, 6.45) is 70.3. The summed E-state index contributed by atoms with van der Waals surface area (Å²) in [6.45, 7) is 2.91. The lowest BCUT2D eigenvalue weighted by Gasteiger charge is -2.06. The summed E-state index contributed by atoms with van der Waals surface area (Å²) in [4.78, 5) is 22.6. The van der Waals surface area contributed by atoms with Gasteiger partial charge in [-0.2, -0.15) is 0 Å². The average Bonchev–Trinajstić information content (AvgIpc) is 3.24. The molecule has 0 saturated carbocycles. The minimum atomic E-state index is -0.652. The van der Waals surface area contributed by atoms with Gasteiger partial charge in [0.2, 0.25) is 0 Å². The van der Waals surface area contributed by atoms with Crippen molar-refractivity contribution in [3.05, 3.63) is 12.2 Å². The number of hydrogen-bond acceptors (Lipinski definition) is 3. The summed E-state index contributed by atoms with van der Waals surface area (Å²) < 4.78 is 5.50. The number of esters is 1. The third-order valence-corrected chi connectivity index (χ3v) is 12.9. The number of aliphatic carboxylic acids is 1. The first-order chi connectivity index (χ1) is 29.7. The number of carbonyl (C=O) groups excluding carboxylic acids is 1. The number of carboxylic acids is 1. The topological polar surface area (TPSA) is 63.6 Å². The highest BCUT2D eigenvalue weighted by atomic mass is 16.5. The Balaban J connectivity index is 3.16. The van der Waals surface area contributed by atoms with Crippen molar-refractivity contribution in [3.63, 3.8) is 0 Å². The van der Waals surface area contributed by atoms with Gasteiger partial charge in [-0.25, -0.2) is 0 Å². The van der Waals surface area contributed by atoms with Crippen LogP contribution in [0.3, 0.4) is 0 Å². The number of rotatable bonds is 53. The molecule has 0 fully saturated rings. The van der Waals surface area contributed by atoms with Gasteiger partial charge in [-0.1, -0.05) is 282 Å². The molecule has 0 heterocycles. The van der Waals surface area contributed by atoms with E-state index in [-0.39, 0.29) is 5.97 Å². The molecule has 0 aliphatic carbocycles. The molecule has 0 aliphatic rings. The van der Waals surface area contributed by atoms with E-state index in [0.717, 1.165) is 25.7 Å². The van der Waals surface area contributed by atoms with Gasteiger partial charge in [0.1, 0.15) is 0 Å². The predicted octanol–water partition coefficient (Wildman–Crippen LogP) is 19.7. The third kappa shape index (κ3) is 54.7. The van der Waals surface area contributed by atoms with Crippen molar-refractivity contribution in [2.24, 2.45) is 0 Å². The average molecular weight is 845 g/mol. The van der Waals surface area contributed by atoms with Crippen LogP contribution in [0.1, 0.15) is 328 Å². The number of ether oxygens (including phenoxy) is 1. The molecule has 0 aromatic carbocycles. The maximum Gasteiger partial charge on any atom is 0.305 e. The molecular weight excluding hydrogens is 737 g/mol. The van der Waals surface area contributed by atoms with E-state index in [9.17, 15) is 9.59 Å². The third-order valence-electron chi connectivity index (χ3n) is 12.9. The molecule has 60 heavy (non-hydrogen) atoms. The van der Waals surface area contributed by atoms with Gasteiger partial charge in [-0.05, 0) is 44.9 Å². The summed E-state index contributed by atoms with van der Waals surface area (Å²) in [5.41, 5.74) is 0. The molecule has 0 atom stereocenters. The Morgan fingerprint density at radius 1 is 0.317 bits per heavy atom. The Hall–Kier alpha value is -1.32. The standard InChI is InChI=1S/C56H108O4/c1-2-3-4-5-6-7-8-9-10-11-12-22-26-29-32-35-38-41-44-47-50-53-56(59)60-54-51-48-45-42-39-36-33-30-27-24-21-19-17-15-13-14-16-18-20-23-25-28-31-34-37-40-43-46-49-52-55(57)58/h9-10H,2-8,11-54H2,1H3,(H,57,58). The van der Waals surface area contributed by atoms with Crippen LogP contribution in [0.2, 0.25) is 0 Å². The van der Waals surface area contributed by atoms with Crippen LogP contribution in [-0.2, 0) is 14.3 Å². The fourth-order valence-electron chi connectivity index (χ4n) is 8.81. The van der Waals surface area contributed by atoms with E-state index in [1.54, 1.807) is 0 Å². The van der Waals surface area contributed by atoms with E-state index in [2.05, 4.69) is 19.1 Å². The zero-order chi connectivity index (χ0) is 43.3. The van der Waals surface area contributed by atoms with Crippen LogP contribution in [0, 0.1) is 0 Å². The number of allylic oxidation sites excluding steroid dienone is 2. The fourth-order valence-corrected chi connectivity index (χ4v) is 8.81. The molecule has 4 nitrogen and oxygen atoms in total. The van der Waals surface area contributed by atoms with Crippen LogP contribution in [0.25, 0.3) is 0 Å². The molecule has 0 radical (unpaired) electrons. The lowest BCUT2D eigenvalue weighted by Crippen LogP contribution is -2.05. The highest BCUT2D eigenvalue weighted by Crippen LogP contribution is 2.18. The van der Waals surface area contributed by atoms with E-state index in [1.807, 2.05) is 0 Å². The van der Waals surface area contributed by atoms with Crippen molar-refractivity contribution in [1.29, 1.82) is 0 Å². The van der Waals surface area contributed by atoms with E-state index in [0.29, 0.717) is 19.4 Å². The van der Waals surface area contributed by atoms with Gasteiger partial charge in [0.15, 0.2) is 0 Å². The van der Waals surface area contributed by atoms with Gasteiger partial charge in [-0.15, -0.1) is 0 Å². The maximum atomic E-state index is 12.1. The van der Waals surface area contributed by atoms with Crippen LogP contribution >= 0.6 is 0 Å². The van der Waals surface area contributed by atoms with Gasteiger partial charge in [0, 0.05) is 12.8 Å². The summed E-state index contributed by atoms with van der Waals surface area (Å²) in [6, 6.07) is 0.